The van der Waals surface area contributed by atoms with Crippen LogP contribution in [0.5, 0.6) is 11.5 Å². The van der Waals surface area contributed by atoms with Gasteiger partial charge in [0.05, 0.1) is 18.2 Å². The van der Waals surface area contributed by atoms with Crippen LogP contribution < -0.4 is 14.9 Å². The van der Waals surface area contributed by atoms with Gasteiger partial charge in [0.25, 0.3) is 5.69 Å². The number of nitrogens with one attached hydrogen (secondary N) is 1. The standard InChI is InChI=1S/C16H13BrN4O4/c1-3-6-25-15-8-13(17)11(7-14(15)24-2)9-19-20-16-5-4-12(10-18-16)21(22)23/h1,4-5,7-10H,6H2,2H3,(H,18,20). The number of hydrogen-bond donors (Lipinski definition) is 1. The highest BCUT2D eigenvalue weighted by atomic mass is 79.9. The molecular weight excluding hydrogens is 392 g/mol. The van der Waals surface area contributed by atoms with Crippen molar-refractivity contribution in [2.45, 2.75) is 0 Å². The molecule has 0 amide bonds. The van der Waals surface area contributed by atoms with Crippen molar-refractivity contribution in [2.24, 2.45) is 5.10 Å². The van der Waals surface area contributed by atoms with E-state index in [1.807, 2.05) is 0 Å². The lowest BCUT2D eigenvalue weighted by Crippen LogP contribution is -1.99. The molecule has 1 aromatic heterocycles. The van der Waals surface area contributed by atoms with Crippen LogP contribution in [-0.2, 0) is 0 Å². The number of aromatic nitrogens is 1. The van der Waals surface area contributed by atoms with E-state index in [0.717, 1.165) is 16.2 Å². The van der Waals surface area contributed by atoms with Crippen LogP contribution in [0, 0.1) is 22.5 Å². The summed E-state index contributed by atoms with van der Waals surface area (Å²) in [5, 5.41) is 14.6. The van der Waals surface area contributed by atoms with E-state index in [9.17, 15) is 10.1 Å². The predicted molar refractivity (Wildman–Crippen MR) is 97.1 cm³/mol. The zero-order chi connectivity index (χ0) is 18.2. The monoisotopic (exact) mass is 404 g/mol. The fourth-order valence-corrected chi connectivity index (χ4v) is 2.19. The Morgan fingerprint density at radius 2 is 2.28 bits per heavy atom. The second-order valence-electron chi connectivity index (χ2n) is 4.55. The summed E-state index contributed by atoms with van der Waals surface area (Å²) in [4.78, 5) is 14.0. The number of halogens is 1. The van der Waals surface area contributed by atoms with E-state index in [1.165, 1.54) is 19.2 Å². The molecule has 2 aromatic rings. The highest BCUT2D eigenvalue weighted by molar-refractivity contribution is 9.10. The van der Waals surface area contributed by atoms with E-state index < -0.39 is 4.92 Å². The zero-order valence-corrected chi connectivity index (χ0v) is 14.7. The lowest BCUT2D eigenvalue weighted by atomic mass is 10.2. The van der Waals surface area contributed by atoms with Gasteiger partial charge in [-0.1, -0.05) is 5.92 Å². The summed E-state index contributed by atoms with van der Waals surface area (Å²) in [5.41, 5.74) is 3.32. The number of nitrogens with zero attached hydrogens (tertiary/aromatic N) is 3. The molecule has 0 aliphatic heterocycles. The van der Waals surface area contributed by atoms with Gasteiger partial charge in [-0.25, -0.2) is 4.98 Å². The minimum absolute atomic E-state index is 0.0930. The third-order valence-corrected chi connectivity index (χ3v) is 3.62. The number of hydrogen-bond acceptors (Lipinski definition) is 7. The van der Waals surface area contributed by atoms with Crippen LogP contribution in [0.1, 0.15) is 5.56 Å². The van der Waals surface area contributed by atoms with Crippen LogP contribution in [0.4, 0.5) is 11.5 Å². The molecule has 0 saturated carbocycles. The van der Waals surface area contributed by atoms with Crippen molar-refractivity contribution >= 4 is 33.6 Å². The average molecular weight is 405 g/mol. The van der Waals surface area contributed by atoms with Crippen molar-refractivity contribution < 1.29 is 14.4 Å². The third kappa shape index (κ3) is 4.92. The first-order valence-corrected chi connectivity index (χ1v) is 7.67. The van der Waals surface area contributed by atoms with Crippen molar-refractivity contribution in [3.63, 3.8) is 0 Å². The van der Waals surface area contributed by atoms with Gasteiger partial charge in [0.1, 0.15) is 18.6 Å². The van der Waals surface area contributed by atoms with Crippen molar-refractivity contribution in [3.8, 4) is 23.8 Å². The third-order valence-electron chi connectivity index (χ3n) is 2.94. The molecule has 0 unspecified atom stereocenters. The zero-order valence-electron chi connectivity index (χ0n) is 13.1. The van der Waals surface area contributed by atoms with Gasteiger partial charge in [0.15, 0.2) is 11.5 Å². The molecule has 0 saturated heterocycles. The summed E-state index contributed by atoms with van der Waals surface area (Å²) in [5.74, 6) is 3.78. The first-order chi connectivity index (χ1) is 12.0. The Labute approximate surface area is 152 Å². The van der Waals surface area contributed by atoms with Crippen molar-refractivity contribution in [1.82, 2.24) is 4.98 Å². The van der Waals surface area contributed by atoms with Gasteiger partial charge >= 0.3 is 0 Å². The van der Waals surface area contributed by atoms with E-state index in [0.29, 0.717) is 17.3 Å². The molecule has 128 valence electrons. The minimum atomic E-state index is -0.521. The minimum Gasteiger partial charge on any atom is -0.493 e. The highest BCUT2D eigenvalue weighted by Gasteiger charge is 2.09. The lowest BCUT2D eigenvalue weighted by molar-refractivity contribution is -0.385. The number of pyridine rings is 1. The lowest BCUT2D eigenvalue weighted by Gasteiger charge is -2.10. The van der Waals surface area contributed by atoms with Crippen LogP contribution in [0.25, 0.3) is 0 Å². The van der Waals surface area contributed by atoms with E-state index >= 15 is 0 Å². The normalized spacial score (nSPS) is 10.3. The molecule has 0 aliphatic rings. The van der Waals surface area contributed by atoms with Gasteiger partial charge < -0.3 is 9.47 Å². The molecule has 0 bridgehead atoms. The smallest absolute Gasteiger partial charge is 0.287 e. The average Bonchev–Trinajstić information content (AvgIpc) is 2.61. The first-order valence-electron chi connectivity index (χ1n) is 6.88. The maximum absolute atomic E-state index is 10.6. The fraction of sp³-hybridized carbons (Fsp3) is 0.125. The topological polar surface area (TPSA) is 98.9 Å². The maximum atomic E-state index is 10.6. The first kappa shape index (κ1) is 18.2. The Bertz CT molecular complexity index is 831. The summed E-state index contributed by atoms with van der Waals surface area (Å²) in [6, 6.07) is 6.25. The number of benzene rings is 1. The molecule has 8 nitrogen and oxygen atoms in total. The number of terminal acetylenes is 1. The summed E-state index contributed by atoms with van der Waals surface area (Å²) in [7, 11) is 1.52. The Kier molecular flexibility index (Phi) is 6.31. The largest absolute Gasteiger partial charge is 0.493 e. The molecule has 0 aliphatic carbocycles. The van der Waals surface area contributed by atoms with E-state index in [4.69, 9.17) is 15.9 Å². The summed E-state index contributed by atoms with van der Waals surface area (Å²) in [6.45, 7) is 0.129. The van der Waals surface area contributed by atoms with Gasteiger partial charge in [-0.15, -0.1) is 6.42 Å². The number of rotatable bonds is 7. The molecule has 1 aromatic carbocycles. The van der Waals surface area contributed by atoms with Gasteiger partial charge in [-0.05, 0) is 34.1 Å². The maximum Gasteiger partial charge on any atom is 0.287 e. The predicted octanol–water partition coefficient (Wildman–Crippen LogP) is 3.22. The second kappa shape index (κ2) is 8.65. The molecule has 0 spiro atoms. The Morgan fingerprint density at radius 3 is 2.88 bits per heavy atom. The summed E-state index contributed by atoms with van der Waals surface area (Å²) in [6.07, 6.45) is 7.87. The number of anilines is 1. The van der Waals surface area contributed by atoms with E-state index in [2.05, 4.69) is 37.4 Å². The number of nitro groups is 1. The molecule has 1 N–H and O–H groups in total. The Balaban J connectivity index is 2.12. The molecule has 25 heavy (non-hydrogen) atoms. The van der Waals surface area contributed by atoms with Crippen LogP contribution in [-0.4, -0.2) is 29.8 Å². The number of hydrazone groups is 1. The van der Waals surface area contributed by atoms with Crippen LogP contribution in [0.2, 0.25) is 0 Å². The molecular formula is C16H13BrN4O4. The van der Waals surface area contributed by atoms with Gasteiger partial charge in [0, 0.05) is 16.1 Å². The molecule has 0 fully saturated rings. The van der Waals surface area contributed by atoms with Crippen molar-refractivity contribution in [3.05, 3.63) is 50.6 Å². The van der Waals surface area contributed by atoms with Crippen LogP contribution in [0.3, 0.4) is 0 Å². The molecule has 0 atom stereocenters. The molecule has 1 heterocycles. The second-order valence-corrected chi connectivity index (χ2v) is 5.40. The summed E-state index contributed by atoms with van der Waals surface area (Å²) < 4.78 is 11.4. The van der Waals surface area contributed by atoms with Crippen LogP contribution >= 0.6 is 15.9 Å². The van der Waals surface area contributed by atoms with Gasteiger partial charge in [-0.2, -0.15) is 5.10 Å². The summed E-state index contributed by atoms with van der Waals surface area (Å²) >= 11 is 3.42. The van der Waals surface area contributed by atoms with Gasteiger partial charge in [0.2, 0.25) is 0 Å². The number of methoxy groups -OCH3 is 1. The van der Waals surface area contributed by atoms with E-state index in [-0.39, 0.29) is 12.3 Å². The molecule has 2 rings (SSSR count). The SMILES string of the molecule is C#CCOc1cc(Br)c(C=NNc2ccc([N+](=O)[O-])cn2)cc1OC. The van der Waals surface area contributed by atoms with E-state index in [1.54, 1.807) is 18.3 Å². The molecule has 9 heteroatoms. The Hall–Kier alpha value is -3.12. The van der Waals surface area contributed by atoms with Crippen LogP contribution in [0.15, 0.2) is 40.0 Å². The quantitative estimate of drug-likeness (QED) is 0.329. The number of ether oxygens (including phenoxy) is 2. The van der Waals surface area contributed by atoms with Crippen molar-refractivity contribution in [2.75, 3.05) is 19.1 Å². The van der Waals surface area contributed by atoms with Crippen molar-refractivity contribution in [1.29, 1.82) is 0 Å². The molecule has 0 radical (unpaired) electrons. The van der Waals surface area contributed by atoms with Gasteiger partial charge in [-0.3, -0.25) is 15.5 Å². The Morgan fingerprint density at radius 1 is 1.48 bits per heavy atom. The highest BCUT2D eigenvalue weighted by Crippen LogP contribution is 2.32. The fourth-order valence-electron chi connectivity index (χ4n) is 1.77.